The first kappa shape index (κ1) is 9.77. The summed E-state index contributed by atoms with van der Waals surface area (Å²) < 4.78 is 3.63. The molecule has 4 heteroatoms. The molecule has 1 aromatic rings. The van der Waals surface area contributed by atoms with Crippen LogP contribution >= 0.6 is 0 Å². The Balaban J connectivity index is 3.27. The van der Waals surface area contributed by atoms with E-state index in [0.717, 1.165) is 12.4 Å². The number of nitrogens with zero attached hydrogens (tertiary/aromatic N) is 2. The van der Waals surface area contributed by atoms with Crippen molar-refractivity contribution < 1.29 is 14.5 Å². The van der Waals surface area contributed by atoms with Gasteiger partial charge in [-0.2, -0.15) is 0 Å². The maximum absolute atomic E-state index is 10.7. The molecule has 0 aliphatic heterocycles. The standard InChI is InChI=1S/C9H14N2O2/c1-4-10-6-8(9(12)13)11(5-2)7(10)3/h6H,4-5H2,1-3H3. The van der Waals surface area contributed by atoms with Crippen molar-refractivity contribution >= 4 is 5.97 Å². The van der Waals surface area contributed by atoms with Gasteiger partial charge >= 0.3 is 0 Å². The number of imidazole rings is 1. The van der Waals surface area contributed by atoms with E-state index in [0.29, 0.717) is 6.54 Å². The van der Waals surface area contributed by atoms with E-state index in [1.165, 1.54) is 0 Å². The van der Waals surface area contributed by atoms with E-state index in [9.17, 15) is 9.90 Å². The van der Waals surface area contributed by atoms with E-state index >= 15 is 0 Å². The summed E-state index contributed by atoms with van der Waals surface area (Å²) in [4.78, 5) is 10.7. The van der Waals surface area contributed by atoms with Crippen LogP contribution < -0.4 is 9.67 Å². The van der Waals surface area contributed by atoms with Crippen molar-refractivity contribution in [2.24, 2.45) is 0 Å². The van der Waals surface area contributed by atoms with Crippen molar-refractivity contribution in [1.29, 1.82) is 0 Å². The number of aryl methyl sites for hydroxylation is 1. The fourth-order valence-electron chi connectivity index (χ4n) is 1.52. The zero-order valence-electron chi connectivity index (χ0n) is 8.20. The van der Waals surface area contributed by atoms with Gasteiger partial charge in [0, 0.05) is 6.92 Å². The molecule has 1 rings (SSSR count). The maximum atomic E-state index is 10.7. The highest BCUT2D eigenvalue weighted by molar-refractivity contribution is 5.83. The number of carboxylic acids is 1. The van der Waals surface area contributed by atoms with E-state index in [1.54, 1.807) is 10.8 Å². The van der Waals surface area contributed by atoms with Crippen LogP contribution in [0.4, 0.5) is 0 Å². The molecule has 0 unspecified atom stereocenters. The zero-order valence-corrected chi connectivity index (χ0v) is 8.20. The second-order valence-corrected chi connectivity index (χ2v) is 2.88. The molecule has 1 aromatic heterocycles. The number of aromatic nitrogens is 2. The molecule has 1 heterocycles. The molecule has 0 spiro atoms. The number of aromatic carboxylic acids is 1. The fraction of sp³-hybridized carbons (Fsp3) is 0.556. The van der Waals surface area contributed by atoms with Crippen molar-refractivity contribution in [3.05, 3.63) is 17.7 Å². The van der Waals surface area contributed by atoms with Crippen LogP contribution in [0.5, 0.6) is 0 Å². The molecule has 4 nitrogen and oxygen atoms in total. The first-order valence-electron chi connectivity index (χ1n) is 4.42. The van der Waals surface area contributed by atoms with Crippen molar-refractivity contribution in [2.75, 3.05) is 0 Å². The lowest BCUT2D eigenvalue weighted by Crippen LogP contribution is -2.33. The van der Waals surface area contributed by atoms with E-state index in [-0.39, 0.29) is 5.69 Å². The van der Waals surface area contributed by atoms with E-state index in [1.807, 2.05) is 25.3 Å². The number of carboxylic acid groups (broad SMARTS) is 1. The molecule has 0 aromatic carbocycles. The molecule has 0 fully saturated rings. The predicted molar refractivity (Wildman–Crippen MR) is 45.0 cm³/mol. The highest BCUT2D eigenvalue weighted by Gasteiger charge is 2.17. The summed E-state index contributed by atoms with van der Waals surface area (Å²) in [6, 6.07) is 0. The molecule has 0 aliphatic carbocycles. The summed E-state index contributed by atoms with van der Waals surface area (Å²) in [5.41, 5.74) is 0.252. The molecule has 0 aliphatic rings. The van der Waals surface area contributed by atoms with Gasteiger partial charge in [0.25, 0.3) is 5.82 Å². The number of rotatable bonds is 3. The Morgan fingerprint density at radius 1 is 1.62 bits per heavy atom. The van der Waals surface area contributed by atoms with Crippen LogP contribution in [-0.2, 0) is 13.1 Å². The summed E-state index contributed by atoms with van der Waals surface area (Å²) in [6.07, 6.45) is 1.62. The van der Waals surface area contributed by atoms with Gasteiger partial charge in [-0.15, -0.1) is 0 Å². The quantitative estimate of drug-likeness (QED) is 0.591. The maximum Gasteiger partial charge on any atom is 0.253 e. The average molecular weight is 182 g/mol. The van der Waals surface area contributed by atoms with Crippen LogP contribution in [-0.4, -0.2) is 10.5 Å². The van der Waals surface area contributed by atoms with Crippen LogP contribution in [0.15, 0.2) is 6.20 Å². The Morgan fingerprint density at radius 2 is 2.23 bits per heavy atom. The molecule has 0 atom stereocenters. The van der Waals surface area contributed by atoms with Crippen molar-refractivity contribution in [2.45, 2.75) is 33.9 Å². The van der Waals surface area contributed by atoms with Gasteiger partial charge < -0.3 is 9.90 Å². The van der Waals surface area contributed by atoms with Gasteiger partial charge in [-0.1, -0.05) is 0 Å². The summed E-state index contributed by atoms with van der Waals surface area (Å²) in [5.74, 6) is -0.165. The molecule has 0 N–H and O–H groups in total. The van der Waals surface area contributed by atoms with Gasteiger partial charge in [-0.3, -0.25) is 0 Å². The Morgan fingerprint density at radius 3 is 2.54 bits per heavy atom. The topological polar surface area (TPSA) is 48.9 Å². The molecule has 72 valence electrons. The second kappa shape index (κ2) is 3.60. The van der Waals surface area contributed by atoms with Crippen molar-refractivity contribution in [3.63, 3.8) is 0 Å². The SMILES string of the molecule is CCn1c(C(=O)[O-])c[n+](CC)c1C. The smallest absolute Gasteiger partial charge is 0.253 e. The lowest BCUT2D eigenvalue weighted by atomic mass is 10.4. The summed E-state index contributed by atoms with van der Waals surface area (Å²) in [7, 11) is 0. The van der Waals surface area contributed by atoms with Crippen LogP contribution in [0.1, 0.15) is 30.2 Å². The van der Waals surface area contributed by atoms with Gasteiger partial charge in [0.1, 0.15) is 12.2 Å². The normalized spacial score (nSPS) is 10.4. The highest BCUT2D eigenvalue weighted by atomic mass is 16.4. The highest BCUT2D eigenvalue weighted by Crippen LogP contribution is 2.01. The van der Waals surface area contributed by atoms with Gasteiger partial charge in [-0.25, -0.2) is 9.13 Å². The molecule has 0 saturated heterocycles. The fourth-order valence-corrected chi connectivity index (χ4v) is 1.52. The third-order valence-electron chi connectivity index (χ3n) is 2.24. The van der Waals surface area contributed by atoms with E-state index < -0.39 is 5.97 Å². The molecule has 0 bridgehead atoms. The first-order valence-corrected chi connectivity index (χ1v) is 4.42. The number of carbonyl (C=O) groups excluding carboxylic acids is 1. The van der Waals surface area contributed by atoms with Crippen LogP contribution in [0, 0.1) is 6.92 Å². The largest absolute Gasteiger partial charge is 0.541 e. The van der Waals surface area contributed by atoms with Gasteiger partial charge in [-0.05, 0) is 13.8 Å². The predicted octanol–water partition coefficient (Wildman–Crippen LogP) is -0.513. The van der Waals surface area contributed by atoms with Crippen LogP contribution in [0.3, 0.4) is 0 Å². The Labute approximate surface area is 77.4 Å². The Kier molecular flexibility index (Phi) is 2.70. The minimum absolute atomic E-state index is 0.252. The molecule has 0 saturated carbocycles. The second-order valence-electron chi connectivity index (χ2n) is 2.88. The van der Waals surface area contributed by atoms with E-state index in [2.05, 4.69) is 0 Å². The third-order valence-corrected chi connectivity index (χ3v) is 2.24. The Hall–Kier alpha value is -1.32. The monoisotopic (exact) mass is 182 g/mol. The first-order chi connectivity index (χ1) is 6.11. The molecule has 0 radical (unpaired) electrons. The van der Waals surface area contributed by atoms with Gasteiger partial charge in [0.2, 0.25) is 0 Å². The van der Waals surface area contributed by atoms with Crippen LogP contribution in [0.2, 0.25) is 0 Å². The summed E-state index contributed by atoms with van der Waals surface area (Å²) in [5, 5.41) is 10.7. The number of carbonyl (C=O) groups is 1. The summed E-state index contributed by atoms with van der Waals surface area (Å²) >= 11 is 0. The van der Waals surface area contributed by atoms with Gasteiger partial charge in [0.05, 0.1) is 13.1 Å². The molecular formula is C9H14N2O2. The average Bonchev–Trinajstić information content (AvgIpc) is 2.42. The number of hydrogen-bond donors (Lipinski definition) is 0. The lowest BCUT2D eigenvalue weighted by molar-refractivity contribution is -0.699. The minimum Gasteiger partial charge on any atom is -0.541 e. The number of hydrogen-bond acceptors (Lipinski definition) is 2. The van der Waals surface area contributed by atoms with Crippen molar-refractivity contribution in [1.82, 2.24) is 4.57 Å². The van der Waals surface area contributed by atoms with Crippen molar-refractivity contribution in [3.8, 4) is 0 Å². The minimum atomic E-state index is -1.11. The summed E-state index contributed by atoms with van der Waals surface area (Å²) in [6.45, 7) is 7.23. The molecule has 0 amide bonds. The zero-order chi connectivity index (χ0) is 10.0. The Bertz CT molecular complexity index is 329. The molecular weight excluding hydrogens is 168 g/mol. The lowest BCUT2D eigenvalue weighted by Gasteiger charge is -1.99. The molecule has 13 heavy (non-hydrogen) atoms. The van der Waals surface area contributed by atoms with E-state index in [4.69, 9.17) is 0 Å². The van der Waals surface area contributed by atoms with Crippen LogP contribution in [0.25, 0.3) is 0 Å². The third kappa shape index (κ3) is 1.56. The van der Waals surface area contributed by atoms with Gasteiger partial charge in [0.15, 0.2) is 5.69 Å².